The Balaban J connectivity index is 1.11. The Morgan fingerprint density at radius 2 is 0.901 bits per heavy atom. The van der Waals surface area contributed by atoms with E-state index < -0.39 is 0 Å². The van der Waals surface area contributed by atoms with Crippen LogP contribution in [0.15, 0.2) is 168 Å². The molecule has 9 heteroatoms. The Hall–Kier alpha value is -7.48. The van der Waals surface area contributed by atoms with E-state index in [-0.39, 0.29) is 25.6 Å². The normalized spacial score (nSPS) is 14.5. The van der Waals surface area contributed by atoms with Gasteiger partial charge in [0.25, 0.3) is 20.1 Å². The van der Waals surface area contributed by atoms with E-state index >= 15 is 0 Å². The molecule has 0 saturated carbocycles. The Morgan fingerprint density at radius 1 is 0.380 bits per heavy atom. The second-order valence-corrected chi connectivity index (χ2v) is 22.6. The molecule has 0 bridgehead atoms. The lowest BCUT2D eigenvalue weighted by atomic mass is 9.29. The van der Waals surface area contributed by atoms with Gasteiger partial charge in [-0.05, 0) is 166 Å². The molecule has 338 valence electrons. The highest BCUT2D eigenvalue weighted by molar-refractivity contribution is 8.00. The molecule has 5 nitrogen and oxygen atoms in total. The molecule has 0 fully saturated rings. The molecule has 15 rings (SSSR count). The monoisotopic (exact) mass is 932 g/mol. The van der Waals surface area contributed by atoms with E-state index in [2.05, 4.69) is 216 Å². The minimum atomic E-state index is -0.248. The van der Waals surface area contributed by atoms with Gasteiger partial charge in [0.2, 0.25) is 0 Å². The van der Waals surface area contributed by atoms with E-state index in [1.807, 2.05) is 11.8 Å². The van der Waals surface area contributed by atoms with Crippen LogP contribution in [0.2, 0.25) is 0 Å². The molecule has 0 N–H and O–H groups in total. The molecule has 0 radical (unpaired) electrons. The number of nitrogens with zero attached hydrogens (tertiary/aromatic N) is 2. The van der Waals surface area contributed by atoms with Crippen LogP contribution in [0.5, 0.6) is 34.5 Å². The molecule has 71 heavy (non-hydrogen) atoms. The Labute approximate surface area is 420 Å². The minimum Gasteiger partial charge on any atom is -0.459 e. The number of ether oxygens (including phenoxy) is 3. The smallest absolute Gasteiger partial charge is 0.260 e. The fourth-order valence-corrected chi connectivity index (χ4v) is 14.1. The summed E-state index contributed by atoms with van der Waals surface area (Å²) in [4.78, 5) is 7.61. The van der Waals surface area contributed by atoms with E-state index in [1.165, 1.54) is 64.9 Å². The second kappa shape index (κ2) is 14.6. The van der Waals surface area contributed by atoms with Crippen molar-refractivity contribution in [3.05, 3.63) is 186 Å². The summed E-state index contributed by atoms with van der Waals surface area (Å²) in [5, 5.41) is 0. The lowest BCUT2D eigenvalue weighted by Gasteiger charge is -2.47. The average molecular weight is 933 g/mol. The van der Waals surface area contributed by atoms with E-state index in [4.69, 9.17) is 14.2 Å². The number of benzene rings is 9. The first-order chi connectivity index (χ1) is 34.4. The van der Waals surface area contributed by atoms with E-state index in [0.717, 1.165) is 90.5 Å². The van der Waals surface area contributed by atoms with Crippen molar-refractivity contribution in [1.29, 1.82) is 0 Å². The molecule has 0 unspecified atom stereocenters. The van der Waals surface area contributed by atoms with Crippen molar-refractivity contribution in [2.45, 2.75) is 63.7 Å². The molecule has 6 aliphatic rings. The maximum atomic E-state index is 7.54. The Bertz CT molecular complexity index is 3810. The van der Waals surface area contributed by atoms with Crippen LogP contribution in [0, 0.1) is 27.7 Å². The van der Waals surface area contributed by atoms with Gasteiger partial charge < -0.3 is 24.0 Å². The molecule has 9 aromatic rings. The van der Waals surface area contributed by atoms with Crippen LogP contribution in [0.4, 0.5) is 34.1 Å². The van der Waals surface area contributed by atoms with Gasteiger partial charge >= 0.3 is 0 Å². The standard InChI is InChI=1S/C62H47B3N2O3S/c1-34-23-35(2)26-39(25-34)66-46-32-53-45(64-43-17-10-13-21-55(43)71-56-22-14-20-52(69-53)59(56)64)31-44(46)65-57-47(66)29-38(62(5,6)7)30-48(57)67(40-27-36(3)24-37(4)28-40)49-33-54-60-61(58(49)65)70-51-19-12-9-16-42(51)63(60)41-15-8-11-18-50(41)68-54/h8-33H,1-7H3. The van der Waals surface area contributed by atoms with Crippen molar-refractivity contribution in [1.82, 2.24) is 0 Å². The third-order valence-electron chi connectivity index (χ3n) is 15.7. The lowest BCUT2D eigenvalue weighted by Crippen LogP contribution is -2.66. The molecule has 6 heterocycles. The van der Waals surface area contributed by atoms with Gasteiger partial charge in [-0.3, -0.25) is 0 Å². The number of hydrogen-bond donors (Lipinski definition) is 0. The van der Waals surface area contributed by atoms with Crippen molar-refractivity contribution in [3.8, 4) is 34.5 Å². The molecular formula is C62H47B3N2O3S. The molecule has 0 amide bonds. The first-order valence-corrected chi connectivity index (χ1v) is 25.7. The minimum absolute atomic E-state index is 0.0133. The van der Waals surface area contributed by atoms with Crippen LogP contribution < -0.4 is 73.2 Å². The quantitative estimate of drug-likeness (QED) is 0.161. The molecule has 0 spiro atoms. The fraction of sp³-hybridized carbons (Fsp3) is 0.129. The van der Waals surface area contributed by atoms with Gasteiger partial charge in [0.1, 0.15) is 34.5 Å². The third-order valence-corrected chi connectivity index (χ3v) is 16.9. The number of para-hydroxylation sites is 2. The second-order valence-electron chi connectivity index (χ2n) is 21.5. The van der Waals surface area contributed by atoms with Gasteiger partial charge in [-0.25, -0.2) is 0 Å². The first-order valence-electron chi connectivity index (χ1n) is 24.9. The summed E-state index contributed by atoms with van der Waals surface area (Å²) in [5.74, 6) is 5.27. The SMILES string of the molecule is Cc1cc(C)cc(N2c3cc4c(cc3B3c5c2cc(C(C)(C)C)cc5N(c2cc(C)cc(C)c2)c2cc5c6c(c23)Oc2ccccc2B6c2ccccc2O5)B2c3ccccc3Sc3cccc(c32)O4)c1. The van der Waals surface area contributed by atoms with Crippen molar-refractivity contribution in [2.24, 2.45) is 0 Å². The van der Waals surface area contributed by atoms with Crippen molar-refractivity contribution >= 4 is 115 Å². The summed E-state index contributed by atoms with van der Waals surface area (Å²) in [6, 6.07) is 58.8. The average Bonchev–Trinajstić information content (AvgIpc) is 3.35. The predicted molar refractivity (Wildman–Crippen MR) is 298 cm³/mol. The van der Waals surface area contributed by atoms with E-state index in [0.29, 0.717) is 0 Å². The van der Waals surface area contributed by atoms with Gasteiger partial charge in [0, 0.05) is 61.5 Å². The highest BCUT2D eigenvalue weighted by Gasteiger charge is 2.51. The zero-order chi connectivity index (χ0) is 47.8. The van der Waals surface area contributed by atoms with Crippen LogP contribution in [-0.2, 0) is 5.41 Å². The van der Waals surface area contributed by atoms with Gasteiger partial charge in [0.05, 0.1) is 0 Å². The lowest BCUT2D eigenvalue weighted by molar-refractivity contribution is 0.467. The van der Waals surface area contributed by atoms with Crippen LogP contribution in [0.1, 0.15) is 48.6 Å². The van der Waals surface area contributed by atoms with Crippen molar-refractivity contribution < 1.29 is 14.2 Å². The fourth-order valence-electron chi connectivity index (χ4n) is 12.9. The maximum absolute atomic E-state index is 7.54. The summed E-state index contributed by atoms with van der Waals surface area (Å²) in [7, 11) is 0. The molecule has 0 aliphatic carbocycles. The Morgan fingerprint density at radius 3 is 1.56 bits per heavy atom. The molecule has 6 aliphatic heterocycles. The highest BCUT2D eigenvalue weighted by atomic mass is 32.2. The topological polar surface area (TPSA) is 34.2 Å². The number of aryl methyl sites for hydroxylation is 4. The summed E-state index contributed by atoms with van der Waals surface area (Å²) in [6.45, 7) is 15.5. The molecule has 9 aromatic carbocycles. The Kier molecular flexibility index (Phi) is 8.47. The van der Waals surface area contributed by atoms with Gasteiger partial charge in [-0.15, -0.1) is 0 Å². The van der Waals surface area contributed by atoms with E-state index in [9.17, 15) is 0 Å². The number of fused-ring (bicyclic) bond motifs is 13. The van der Waals surface area contributed by atoms with Crippen LogP contribution in [0.25, 0.3) is 0 Å². The summed E-state index contributed by atoms with van der Waals surface area (Å²) in [5.41, 5.74) is 23.3. The molecule has 0 aromatic heterocycles. The van der Waals surface area contributed by atoms with Crippen LogP contribution in [-0.4, -0.2) is 20.1 Å². The predicted octanol–water partition coefficient (Wildman–Crippen LogP) is 10.1. The van der Waals surface area contributed by atoms with Gasteiger partial charge in [-0.1, -0.05) is 117 Å². The van der Waals surface area contributed by atoms with Gasteiger partial charge in [-0.2, -0.15) is 0 Å². The highest BCUT2D eigenvalue weighted by Crippen LogP contribution is 2.50. The molecule has 0 atom stereocenters. The first kappa shape index (κ1) is 41.3. The third kappa shape index (κ3) is 5.87. The van der Waals surface area contributed by atoms with Crippen molar-refractivity contribution in [2.75, 3.05) is 9.80 Å². The maximum Gasteiger partial charge on any atom is 0.260 e. The largest absolute Gasteiger partial charge is 0.459 e. The van der Waals surface area contributed by atoms with Crippen LogP contribution in [0.3, 0.4) is 0 Å². The summed E-state index contributed by atoms with van der Waals surface area (Å²) < 4.78 is 21.9. The zero-order valence-corrected chi connectivity index (χ0v) is 41.6. The van der Waals surface area contributed by atoms with E-state index in [1.54, 1.807) is 0 Å². The number of rotatable bonds is 2. The van der Waals surface area contributed by atoms with Gasteiger partial charge in [0.15, 0.2) is 0 Å². The molecular weight excluding hydrogens is 885 g/mol. The summed E-state index contributed by atoms with van der Waals surface area (Å²) >= 11 is 1.85. The zero-order valence-electron chi connectivity index (χ0n) is 40.8. The number of anilines is 6. The van der Waals surface area contributed by atoms with Crippen LogP contribution >= 0.6 is 11.8 Å². The molecule has 0 saturated heterocycles. The number of hydrogen-bond acceptors (Lipinski definition) is 6. The summed E-state index contributed by atoms with van der Waals surface area (Å²) in [6.07, 6.45) is 0. The van der Waals surface area contributed by atoms with Crippen molar-refractivity contribution in [3.63, 3.8) is 0 Å².